The third-order valence-corrected chi connectivity index (χ3v) is 6.89. The highest BCUT2D eigenvalue weighted by Crippen LogP contribution is 2.40. The number of amides is 1. The minimum atomic E-state index is -0.343. The molecule has 2 atom stereocenters. The Balaban J connectivity index is 1.73. The van der Waals surface area contributed by atoms with Gasteiger partial charge in [0.05, 0.1) is 5.41 Å². The van der Waals surface area contributed by atoms with Gasteiger partial charge < -0.3 is 20.0 Å². The quantitative estimate of drug-likeness (QED) is 0.851. The second-order valence-corrected chi connectivity index (χ2v) is 8.43. The number of nitrogens with zero attached hydrogens (tertiary/aromatic N) is 4. The molecule has 0 aromatic carbocycles. The zero-order chi connectivity index (χ0) is 19.4. The van der Waals surface area contributed by atoms with E-state index in [1.165, 1.54) is 5.69 Å². The molecule has 27 heavy (non-hydrogen) atoms. The Morgan fingerprint density at radius 3 is 2.33 bits per heavy atom. The van der Waals surface area contributed by atoms with Crippen LogP contribution in [-0.2, 0) is 4.79 Å². The second kappa shape index (κ2) is 8.57. The molecule has 3 heterocycles. The fourth-order valence-electron chi connectivity index (χ4n) is 4.72. The van der Waals surface area contributed by atoms with E-state index in [1.807, 2.05) is 24.5 Å². The number of piperazine rings is 1. The highest BCUT2D eigenvalue weighted by Gasteiger charge is 2.48. The summed E-state index contributed by atoms with van der Waals surface area (Å²) < 4.78 is 0. The third kappa shape index (κ3) is 4.11. The van der Waals surface area contributed by atoms with Gasteiger partial charge in [-0.25, -0.2) is 0 Å². The molecule has 2 unspecified atom stereocenters. The standard InChI is InChI=1S/C21H35N5O/c1-17(24(3)4)21(2,18-5-9-22-10-6-18)20(27)26-15-13-25(14-16-26)19-7-11-23-12-8-19/h7-8,11-12,17-18,22H,5-6,9-10,13-16H2,1-4H3. The molecule has 2 aliphatic heterocycles. The Hall–Kier alpha value is -1.66. The average Bonchev–Trinajstić information content (AvgIpc) is 2.73. The van der Waals surface area contributed by atoms with Gasteiger partial charge in [0.2, 0.25) is 5.91 Å². The van der Waals surface area contributed by atoms with E-state index in [1.54, 1.807) is 0 Å². The van der Waals surface area contributed by atoms with Crippen LogP contribution < -0.4 is 10.2 Å². The summed E-state index contributed by atoms with van der Waals surface area (Å²) in [4.78, 5) is 24.5. The third-order valence-electron chi connectivity index (χ3n) is 6.89. The van der Waals surface area contributed by atoms with Crippen molar-refractivity contribution in [2.45, 2.75) is 32.7 Å². The number of rotatable bonds is 5. The van der Waals surface area contributed by atoms with E-state index in [-0.39, 0.29) is 11.5 Å². The van der Waals surface area contributed by atoms with Crippen molar-refractivity contribution in [3.8, 4) is 0 Å². The van der Waals surface area contributed by atoms with Crippen molar-refractivity contribution in [3.05, 3.63) is 24.5 Å². The molecule has 150 valence electrons. The molecule has 0 bridgehead atoms. The fourth-order valence-corrected chi connectivity index (χ4v) is 4.72. The lowest BCUT2D eigenvalue weighted by molar-refractivity contribution is -0.150. The predicted octanol–water partition coefficient (Wildman–Crippen LogP) is 1.69. The summed E-state index contributed by atoms with van der Waals surface area (Å²) in [5.74, 6) is 0.770. The molecule has 1 N–H and O–H groups in total. The van der Waals surface area contributed by atoms with Crippen LogP contribution in [0, 0.1) is 11.3 Å². The topological polar surface area (TPSA) is 51.7 Å². The van der Waals surface area contributed by atoms with Gasteiger partial charge in [-0.05, 0) is 71.9 Å². The molecule has 0 radical (unpaired) electrons. The van der Waals surface area contributed by atoms with Gasteiger partial charge in [0.1, 0.15) is 0 Å². The fraction of sp³-hybridized carbons (Fsp3) is 0.714. The number of piperidine rings is 1. The number of carbonyl (C=O) groups is 1. The molecule has 0 aliphatic carbocycles. The molecule has 3 rings (SSSR count). The Morgan fingerprint density at radius 2 is 1.78 bits per heavy atom. The van der Waals surface area contributed by atoms with Crippen molar-refractivity contribution in [3.63, 3.8) is 0 Å². The van der Waals surface area contributed by atoms with Gasteiger partial charge in [-0.2, -0.15) is 0 Å². The molecule has 0 saturated carbocycles. The zero-order valence-corrected chi connectivity index (χ0v) is 17.3. The summed E-state index contributed by atoms with van der Waals surface area (Å²) in [6.07, 6.45) is 5.83. The summed E-state index contributed by atoms with van der Waals surface area (Å²) in [7, 11) is 4.19. The normalized spacial score (nSPS) is 22.6. The molecule has 2 aliphatic rings. The maximum atomic E-state index is 13.8. The largest absolute Gasteiger partial charge is 0.368 e. The van der Waals surface area contributed by atoms with Crippen LogP contribution in [0.2, 0.25) is 0 Å². The molecule has 0 spiro atoms. The molecule has 2 saturated heterocycles. The Bertz CT molecular complexity index is 608. The lowest BCUT2D eigenvalue weighted by Crippen LogP contribution is -2.60. The minimum Gasteiger partial charge on any atom is -0.368 e. The first-order valence-corrected chi connectivity index (χ1v) is 10.3. The number of aromatic nitrogens is 1. The molecular weight excluding hydrogens is 338 g/mol. The second-order valence-electron chi connectivity index (χ2n) is 8.43. The van der Waals surface area contributed by atoms with Gasteiger partial charge in [-0.1, -0.05) is 0 Å². The summed E-state index contributed by atoms with van der Waals surface area (Å²) in [5, 5.41) is 3.45. The molecule has 6 nitrogen and oxygen atoms in total. The molecule has 1 aromatic rings. The highest BCUT2D eigenvalue weighted by molar-refractivity contribution is 5.84. The van der Waals surface area contributed by atoms with Crippen LogP contribution in [0.3, 0.4) is 0 Å². The SMILES string of the molecule is CC(N(C)C)C(C)(C(=O)N1CCN(c2ccncc2)CC1)C1CCNCC1. The smallest absolute Gasteiger partial charge is 0.230 e. The molecule has 1 aromatic heterocycles. The van der Waals surface area contributed by atoms with Crippen LogP contribution in [-0.4, -0.2) is 80.1 Å². The molecule has 2 fully saturated rings. The summed E-state index contributed by atoms with van der Waals surface area (Å²) in [5.41, 5.74) is 0.852. The number of anilines is 1. The average molecular weight is 374 g/mol. The number of nitrogens with one attached hydrogen (secondary N) is 1. The summed E-state index contributed by atoms with van der Waals surface area (Å²) >= 11 is 0. The lowest BCUT2D eigenvalue weighted by atomic mass is 9.66. The Labute approximate surface area is 163 Å². The van der Waals surface area contributed by atoms with Gasteiger partial charge in [0, 0.05) is 50.3 Å². The number of hydrogen-bond donors (Lipinski definition) is 1. The van der Waals surface area contributed by atoms with Crippen molar-refractivity contribution < 1.29 is 4.79 Å². The summed E-state index contributed by atoms with van der Waals surface area (Å²) in [6, 6.07) is 4.31. The van der Waals surface area contributed by atoms with Gasteiger partial charge in [-0.3, -0.25) is 9.78 Å². The van der Waals surface area contributed by atoms with Crippen molar-refractivity contribution in [1.29, 1.82) is 0 Å². The number of pyridine rings is 1. The molecule has 6 heteroatoms. The Kier molecular flexibility index (Phi) is 6.37. The van der Waals surface area contributed by atoms with Crippen molar-refractivity contribution in [1.82, 2.24) is 20.1 Å². The van der Waals surface area contributed by atoms with Crippen molar-refractivity contribution in [2.75, 3.05) is 58.3 Å². The van der Waals surface area contributed by atoms with Crippen LogP contribution in [0.5, 0.6) is 0 Å². The van der Waals surface area contributed by atoms with E-state index in [2.05, 4.69) is 52.9 Å². The number of hydrogen-bond acceptors (Lipinski definition) is 5. The summed E-state index contributed by atoms with van der Waals surface area (Å²) in [6.45, 7) is 9.82. The number of carbonyl (C=O) groups excluding carboxylic acids is 1. The van der Waals surface area contributed by atoms with Crippen LogP contribution in [0.4, 0.5) is 5.69 Å². The maximum absolute atomic E-state index is 13.8. The molecule has 1 amide bonds. The van der Waals surface area contributed by atoms with E-state index >= 15 is 0 Å². The van der Waals surface area contributed by atoms with Gasteiger partial charge in [0.25, 0.3) is 0 Å². The van der Waals surface area contributed by atoms with E-state index in [0.717, 1.165) is 52.1 Å². The van der Waals surface area contributed by atoms with Gasteiger partial charge in [0.15, 0.2) is 0 Å². The van der Waals surface area contributed by atoms with E-state index in [0.29, 0.717) is 11.8 Å². The van der Waals surface area contributed by atoms with E-state index in [9.17, 15) is 4.79 Å². The maximum Gasteiger partial charge on any atom is 0.230 e. The highest BCUT2D eigenvalue weighted by atomic mass is 16.2. The van der Waals surface area contributed by atoms with E-state index in [4.69, 9.17) is 0 Å². The zero-order valence-electron chi connectivity index (χ0n) is 17.3. The first kappa shape index (κ1) is 20.1. The van der Waals surface area contributed by atoms with Gasteiger partial charge in [-0.15, -0.1) is 0 Å². The van der Waals surface area contributed by atoms with Gasteiger partial charge >= 0.3 is 0 Å². The van der Waals surface area contributed by atoms with Crippen LogP contribution in [0.15, 0.2) is 24.5 Å². The first-order valence-electron chi connectivity index (χ1n) is 10.3. The minimum absolute atomic E-state index is 0.214. The van der Waals surface area contributed by atoms with Crippen molar-refractivity contribution >= 4 is 11.6 Å². The van der Waals surface area contributed by atoms with Crippen LogP contribution >= 0.6 is 0 Å². The van der Waals surface area contributed by atoms with Crippen LogP contribution in [0.1, 0.15) is 26.7 Å². The molecular formula is C21H35N5O. The van der Waals surface area contributed by atoms with E-state index < -0.39 is 0 Å². The first-order chi connectivity index (χ1) is 12.9. The Morgan fingerprint density at radius 1 is 1.19 bits per heavy atom. The lowest BCUT2D eigenvalue weighted by Gasteiger charge is -2.49. The predicted molar refractivity (Wildman–Crippen MR) is 110 cm³/mol. The van der Waals surface area contributed by atoms with Crippen LogP contribution in [0.25, 0.3) is 0 Å². The van der Waals surface area contributed by atoms with Crippen molar-refractivity contribution in [2.24, 2.45) is 11.3 Å². The monoisotopic (exact) mass is 373 g/mol.